The van der Waals surface area contributed by atoms with Gasteiger partial charge >= 0.3 is 0 Å². The molecule has 0 saturated carbocycles. The maximum atomic E-state index is 12.2. The summed E-state index contributed by atoms with van der Waals surface area (Å²) in [5.74, 6) is 0.0770. The maximum absolute atomic E-state index is 12.2. The van der Waals surface area contributed by atoms with Crippen molar-refractivity contribution in [1.82, 2.24) is 15.2 Å². The van der Waals surface area contributed by atoms with E-state index in [2.05, 4.69) is 17.6 Å². The number of carbonyl (C=O) groups is 1. The van der Waals surface area contributed by atoms with Crippen LogP contribution >= 0.6 is 0 Å². The highest BCUT2D eigenvalue weighted by atomic mass is 16.2. The normalized spacial score (nSPS) is 30.4. The van der Waals surface area contributed by atoms with Crippen LogP contribution in [0.15, 0.2) is 18.3 Å². The van der Waals surface area contributed by atoms with Crippen LogP contribution in [0.3, 0.4) is 0 Å². The van der Waals surface area contributed by atoms with Crippen molar-refractivity contribution < 1.29 is 4.79 Å². The van der Waals surface area contributed by atoms with Crippen molar-refractivity contribution in [2.75, 3.05) is 0 Å². The van der Waals surface area contributed by atoms with Gasteiger partial charge in [0, 0.05) is 30.9 Å². The van der Waals surface area contributed by atoms with Crippen LogP contribution in [0.1, 0.15) is 43.1 Å². The van der Waals surface area contributed by atoms with Gasteiger partial charge in [-0.25, -0.2) is 0 Å². The Morgan fingerprint density at radius 1 is 1.44 bits per heavy atom. The molecule has 98 valence electrons. The van der Waals surface area contributed by atoms with E-state index in [1.54, 1.807) is 0 Å². The molecule has 2 N–H and O–H groups in total. The van der Waals surface area contributed by atoms with Gasteiger partial charge in [-0.2, -0.15) is 0 Å². The number of nitrogens with zero attached hydrogens (tertiary/aromatic N) is 1. The SMILES string of the molecule is CCn1cccc1C(=O)NC1CC2CCC(C1)N2. The Morgan fingerprint density at radius 2 is 2.17 bits per heavy atom. The van der Waals surface area contributed by atoms with Crippen LogP contribution in [0.25, 0.3) is 0 Å². The number of carbonyl (C=O) groups excluding carboxylic acids is 1. The monoisotopic (exact) mass is 247 g/mol. The van der Waals surface area contributed by atoms with Crippen LogP contribution in [-0.2, 0) is 6.54 Å². The molecule has 0 spiro atoms. The fourth-order valence-corrected chi connectivity index (χ4v) is 3.33. The molecule has 2 fully saturated rings. The molecule has 2 aliphatic rings. The molecule has 0 radical (unpaired) electrons. The van der Waals surface area contributed by atoms with Gasteiger partial charge in [0.2, 0.25) is 0 Å². The third-order valence-electron chi connectivity index (χ3n) is 4.21. The van der Waals surface area contributed by atoms with Crippen LogP contribution in [0, 0.1) is 0 Å². The molecule has 1 aromatic rings. The molecule has 2 unspecified atom stereocenters. The summed E-state index contributed by atoms with van der Waals surface area (Å²) in [4.78, 5) is 12.2. The van der Waals surface area contributed by atoms with Crippen LogP contribution < -0.4 is 10.6 Å². The fraction of sp³-hybridized carbons (Fsp3) is 0.643. The van der Waals surface area contributed by atoms with E-state index < -0.39 is 0 Å². The molecule has 18 heavy (non-hydrogen) atoms. The number of hydrogen-bond donors (Lipinski definition) is 2. The molecular weight excluding hydrogens is 226 g/mol. The molecule has 2 saturated heterocycles. The van der Waals surface area contributed by atoms with Gasteiger partial charge in [-0.05, 0) is 44.7 Å². The number of piperidine rings is 1. The van der Waals surface area contributed by atoms with E-state index in [4.69, 9.17) is 0 Å². The first kappa shape index (κ1) is 11.8. The number of amides is 1. The van der Waals surface area contributed by atoms with Gasteiger partial charge < -0.3 is 15.2 Å². The van der Waals surface area contributed by atoms with Crippen LogP contribution in [0.5, 0.6) is 0 Å². The van der Waals surface area contributed by atoms with E-state index in [0.717, 1.165) is 25.1 Å². The zero-order valence-electron chi connectivity index (χ0n) is 10.9. The summed E-state index contributed by atoms with van der Waals surface area (Å²) < 4.78 is 1.99. The zero-order chi connectivity index (χ0) is 12.5. The van der Waals surface area contributed by atoms with Gasteiger partial charge in [0.15, 0.2) is 0 Å². The van der Waals surface area contributed by atoms with Crippen molar-refractivity contribution in [2.24, 2.45) is 0 Å². The van der Waals surface area contributed by atoms with E-state index >= 15 is 0 Å². The molecule has 0 aromatic carbocycles. The van der Waals surface area contributed by atoms with Crippen LogP contribution in [0.4, 0.5) is 0 Å². The van der Waals surface area contributed by atoms with Crippen molar-refractivity contribution in [1.29, 1.82) is 0 Å². The summed E-state index contributed by atoms with van der Waals surface area (Å²) in [5.41, 5.74) is 0.781. The Kier molecular flexibility index (Phi) is 3.12. The Balaban J connectivity index is 1.64. The maximum Gasteiger partial charge on any atom is 0.268 e. The van der Waals surface area contributed by atoms with Crippen LogP contribution in [-0.4, -0.2) is 28.6 Å². The smallest absolute Gasteiger partial charge is 0.268 e. The van der Waals surface area contributed by atoms with Crippen molar-refractivity contribution in [3.05, 3.63) is 24.0 Å². The first-order valence-corrected chi connectivity index (χ1v) is 6.98. The second kappa shape index (κ2) is 4.76. The average Bonchev–Trinajstić information content (AvgIpc) is 2.95. The lowest BCUT2D eigenvalue weighted by Gasteiger charge is -2.29. The molecule has 4 nitrogen and oxygen atoms in total. The van der Waals surface area contributed by atoms with Gasteiger partial charge in [0.25, 0.3) is 5.91 Å². The molecular formula is C14H21N3O. The lowest BCUT2D eigenvalue weighted by Crippen LogP contribution is -2.48. The highest BCUT2D eigenvalue weighted by molar-refractivity contribution is 5.92. The van der Waals surface area contributed by atoms with Gasteiger partial charge in [0.1, 0.15) is 5.69 Å². The first-order valence-electron chi connectivity index (χ1n) is 6.98. The van der Waals surface area contributed by atoms with E-state index in [9.17, 15) is 4.79 Å². The summed E-state index contributed by atoms with van der Waals surface area (Å²) in [6.45, 7) is 2.90. The summed E-state index contributed by atoms with van der Waals surface area (Å²) in [7, 11) is 0. The molecule has 1 aromatic heterocycles. The van der Waals surface area contributed by atoms with Crippen LogP contribution in [0.2, 0.25) is 0 Å². The molecule has 2 atom stereocenters. The van der Waals surface area contributed by atoms with E-state index in [-0.39, 0.29) is 5.91 Å². The predicted molar refractivity (Wildman–Crippen MR) is 70.5 cm³/mol. The lowest BCUT2D eigenvalue weighted by atomic mass is 10.00. The lowest BCUT2D eigenvalue weighted by molar-refractivity contribution is 0.0914. The minimum atomic E-state index is 0.0770. The highest BCUT2D eigenvalue weighted by Gasteiger charge is 2.34. The Labute approximate surface area is 108 Å². The van der Waals surface area contributed by atoms with Gasteiger partial charge in [-0.3, -0.25) is 4.79 Å². The number of nitrogens with one attached hydrogen (secondary N) is 2. The molecule has 4 heteroatoms. The largest absolute Gasteiger partial charge is 0.348 e. The predicted octanol–water partition coefficient (Wildman–Crippen LogP) is 1.52. The van der Waals surface area contributed by atoms with Crippen molar-refractivity contribution >= 4 is 5.91 Å². The summed E-state index contributed by atoms with van der Waals surface area (Å²) >= 11 is 0. The topological polar surface area (TPSA) is 46.1 Å². The van der Waals surface area contributed by atoms with Gasteiger partial charge in [-0.1, -0.05) is 0 Å². The second-order valence-corrected chi connectivity index (χ2v) is 5.46. The fourth-order valence-electron chi connectivity index (χ4n) is 3.33. The van der Waals surface area contributed by atoms with Crippen molar-refractivity contribution in [3.8, 4) is 0 Å². The summed E-state index contributed by atoms with van der Waals surface area (Å²) in [6, 6.07) is 5.41. The van der Waals surface area contributed by atoms with Gasteiger partial charge in [-0.15, -0.1) is 0 Å². The molecule has 3 heterocycles. The van der Waals surface area contributed by atoms with Crippen molar-refractivity contribution in [2.45, 2.75) is 57.3 Å². The minimum absolute atomic E-state index is 0.0770. The average molecular weight is 247 g/mol. The zero-order valence-corrected chi connectivity index (χ0v) is 10.9. The number of rotatable bonds is 3. The molecule has 0 aliphatic carbocycles. The third kappa shape index (κ3) is 2.17. The third-order valence-corrected chi connectivity index (χ3v) is 4.21. The number of fused-ring (bicyclic) bond motifs is 2. The number of hydrogen-bond acceptors (Lipinski definition) is 2. The quantitative estimate of drug-likeness (QED) is 0.850. The summed E-state index contributed by atoms with van der Waals surface area (Å²) in [5, 5.41) is 6.79. The van der Waals surface area contributed by atoms with Crippen molar-refractivity contribution in [3.63, 3.8) is 0 Å². The molecule has 2 aliphatic heterocycles. The summed E-state index contributed by atoms with van der Waals surface area (Å²) in [6.07, 6.45) is 6.65. The second-order valence-electron chi connectivity index (χ2n) is 5.46. The standard InChI is InChI=1S/C14H21N3O/c1-2-17-7-3-4-13(17)14(18)16-12-8-10-5-6-11(9-12)15-10/h3-4,7,10-12,15H,2,5-6,8-9H2,1H3,(H,16,18). The Hall–Kier alpha value is -1.29. The van der Waals surface area contributed by atoms with Gasteiger partial charge in [0.05, 0.1) is 0 Å². The minimum Gasteiger partial charge on any atom is -0.348 e. The Bertz CT molecular complexity index is 428. The molecule has 1 amide bonds. The molecule has 2 bridgehead atoms. The first-order chi connectivity index (χ1) is 8.76. The van der Waals surface area contributed by atoms with E-state index in [1.807, 2.05) is 22.9 Å². The number of aryl methyl sites for hydroxylation is 1. The van der Waals surface area contributed by atoms with E-state index in [1.165, 1.54) is 12.8 Å². The highest BCUT2D eigenvalue weighted by Crippen LogP contribution is 2.26. The Morgan fingerprint density at radius 3 is 2.83 bits per heavy atom. The number of aromatic nitrogens is 1. The molecule has 3 rings (SSSR count). The van der Waals surface area contributed by atoms with E-state index in [0.29, 0.717) is 18.1 Å².